The zero-order chi connectivity index (χ0) is 16.0. The summed E-state index contributed by atoms with van der Waals surface area (Å²) in [6, 6.07) is 9.63. The molecule has 0 unspecified atom stereocenters. The molecule has 1 aliphatic heterocycles. The summed E-state index contributed by atoms with van der Waals surface area (Å²) in [5, 5.41) is 11.1. The third kappa shape index (κ3) is 2.11. The number of aliphatic imine (C=N–C) groups is 1. The van der Waals surface area contributed by atoms with Gasteiger partial charge in [-0.25, -0.2) is 4.57 Å². The highest BCUT2D eigenvalue weighted by molar-refractivity contribution is 5.87. The second-order valence-corrected chi connectivity index (χ2v) is 6.60. The largest absolute Gasteiger partial charge is 0.358 e. The molecule has 1 aliphatic carbocycles. The van der Waals surface area contributed by atoms with Gasteiger partial charge in [-0.15, -0.1) is 0 Å². The number of fused-ring (bicyclic) bond motifs is 2. The zero-order valence-corrected chi connectivity index (χ0v) is 13.2. The maximum Gasteiger partial charge on any atom is 0.323 e. The van der Waals surface area contributed by atoms with Crippen molar-refractivity contribution in [2.45, 2.75) is 37.5 Å². The Balaban J connectivity index is 1.79. The molecule has 23 heavy (non-hydrogen) atoms. The second kappa shape index (κ2) is 5.05. The van der Waals surface area contributed by atoms with E-state index in [0.717, 1.165) is 29.8 Å². The quantitative estimate of drug-likeness (QED) is 0.605. The van der Waals surface area contributed by atoms with Gasteiger partial charge in [-0.1, -0.05) is 19.3 Å². The van der Waals surface area contributed by atoms with Gasteiger partial charge in [0.15, 0.2) is 0 Å². The van der Waals surface area contributed by atoms with Crippen LogP contribution in [0.5, 0.6) is 0 Å². The second-order valence-electron chi connectivity index (χ2n) is 6.60. The Morgan fingerprint density at radius 1 is 1.17 bits per heavy atom. The maximum absolute atomic E-state index is 11.1. The fourth-order valence-electron chi connectivity index (χ4n) is 4.02. The molecule has 1 aromatic carbocycles. The minimum atomic E-state index is -0.345. The van der Waals surface area contributed by atoms with E-state index < -0.39 is 0 Å². The van der Waals surface area contributed by atoms with Gasteiger partial charge in [-0.3, -0.25) is 4.99 Å². The van der Waals surface area contributed by atoms with Crippen molar-refractivity contribution in [1.82, 2.24) is 4.57 Å². The lowest BCUT2D eigenvalue weighted by Gasteiger charge is -2.32. The number of hydrogen-bond acceptors (Lipinski definition) is 3. The first kappa shape index (κ1) is 14.2. The molecule has 0 amide bonds. The van der Waals surface area contributed by atoms with Crippen molar-refractivity contribution >= 4 is 17.7 Å². The molecule has 4 rings (SSSR count). The van der Waals surface area contributed by atoms with Crippen LogP contribution in [0.25, 0.3) is 11.3 Å². The maximum atomic E-state index is 11.1. The van der Waals surface area contributed by atoms with Gasteiger partial charge >= 0.3 is 5.82 Å². The normalized spacial score (nSPS) is 18.3. The highest BCUT2D eigenvalue weighted by Gasteiger charge is 2.37. The van der Waals surface area contributed by atoms with Gasteiger partial charge < -0.3 is 10.1 Å². The van der Waals surface area contributed by atoms with Crippen molar-refractivity contribution in [3.05, 3.63) is 46.0 Å². The Morgan fingerprint density at radius 2 is 1.96 bits per heavy atom. The average Bonchev–Trinajstić information content (AvgIpc) is 3.10. The van der Waals surface area contributed by atoms with Crippen LogP contribution < -0.4 is 0 Å². The lowest BCUT2D eigenvalue weighted by atomic mass is 9.71. The highest BCUT2D eigenvalue weighted by Crippen LogP contribution is 2.47. The van der Waals surface area contributed by atoms with Gasteiger partial charge in [0.25, 0.3) is 0 Å². The van der Waals surface area contributed by atoms with Crippen molar-refractivity contribution in [2.24, 2.45) is 12.0 Å². The number of hydrogen-bond donors (Lipinski definition) is 0. The fourth-order valence-corrected chi connectivity index (χ4v) is 4.02. The molecule has 5 heteroatoms. The van der Waals surface area contributed by atoms with Crippen LogP contribution in [0, 0.1) is 10.1 Å². The van der Waals surface area contributed by atoms with Crippen LogP contribution in [0.1, 0.15) is 37.7 Å². The van der Waals surface area contributed by atoms with E-state index in [-0.39, 0.29) is 16.2 Å². The summed E-state index contributed by atoms with van der Waals surface area (Å²) in [7, 11) is 1.74. The zero-order valence-electron chi connectivity index (χ0n) is 13.2. The number of nitrogens with zero attached hydrogens (tertiary/aromatic N) is 3. The molecule has 2 aliphatic rings. The standard InChI is InChI=1S/C18H19N3O2/c1-20-16(7-8-17(20)21(22)23)13-5-6-15-14(11-13)18(12-19-15)9-3-2-4-10-18/h5-8,11-12H,2-4,9-10H2,1H3. The fraction of sp³-hybridized carbons (Fsp3) is 0.389. The van der Waals surface area contributed by atoms with Crippen molar-refractivity contribution in [3.63, 3.8) is 0 Å². The van der Waals surface area contributed by atoms with E-state index >= 15 is 0 Å². The van der Waals surface area contributed by atoms with E-state index in [0.29, 0.717) is 0 Å². The first-order chi connectivity index (χ1) is 11.1. The van der Waals surface area contributed by atoms with Crippen LogP contribution in [-0.4, -0.2) is 15.7 Å². The summed E-state index contributed by atoms with van der Waals surface area (Å²) in [6.07, 6.45) is 8.22. The molecule has 1 aromatic heterocycles. The first-order valence-electron chi connectivity index (χ1n) is 8.11. The number of aromatic nitrogens is 1. The Hall–Kier alpha value is -2.43. The summed E-state index contributed by atoms with van der Waals surface area (Å²) < 4.78 is 1.64. The predicted molar refractivity (Wildman–Crippen MR) is 90.4 cm³/mol. The lowest BCUT2D eigenvalue weighted by molar-refractivity contribution is -0.391. The summed E-state index contributed by atoms with van der Waals surface area (Å²) in [5.74, 6) is 0.115. The van der Waals surface area contributed by atoms with Gasteiger partial charge in [0.05, 0.1) is 12.7 Å². The minimum absolute atomic E-state index is 0.0840. The van der Waals surface area contributed by atoms with Crippen molar-refractivity contribution in [1.29, 1.82) is 0 Å². The Morgan fingerprint density at radius 3 is 2.65 bits per heavy atom. The summed E-state index contributed by atoms with van der Waals surface area (Å²) in [6.45, 7) is 0. The SMILES string of the molecule is Cn1c(-c2ccc3c(c2)C2(C=N3)CCCCC2)ccc1[N+](=O)[O-]. The number of rotatable bonds is 2. The summed E-state index contributed by atoms with van der Waals surface area (Å²) in [4.78, 5) is 15.3. The minimum Gasteiger partial charge on any atom is -0.358 e. The molecule has 0 radical (unpaired) electrons. The van der Waals surface area contributed by atoms with Crippen LogP contribution in [0.15, 0.2) is 35.3 Å². The highest BCUT2D eigenvalue weighted by atomic mass is 16.6. The van der Waals surface area contributed by atoms with Gasteiger partial charge in [0, 0.05) is 23.3 Å². The molecule has 0 saturated heterocycles. The average molecular weight is 309 g/mol. The molecule has 2 aromatic rings. The Bertz CT molecular complexity index is 814. The van der Waals surface area contributed by atoms with E-state index in [4.69, 9.17) is 0 Å². The molecule has 1 saturated carbocycles. The first-order valence-corrected chi connectivity index (χ1v) is 8.11. The van der Waals surface area contributed by atoms with Crippen molar-refractivity contribution < 1.29 is 4.92 Å². The van der Waals surface area contributed by atoms with Crippen LogP contribution in [0.4, 0.5) is 11.5 Å². The van der Waals surface area contributed by atoms with Crippen molar-refractivity contribution in [2.75, 3.05) is 0 Å². The Kier molecular flexibility index (Phi) is 3.11. The van der Waals surface area contributed by atoms with E-state index in [2.05, 4.69) is 17.3 Å². The number of benzene rings is 1. The van der Waals surface area contributed by atoms with Crippen LogP contribution >= 0.6 is 0 Å². The summed E-state index contributed by atoms with van der Waals surface area (Å²) in [5.41, 5.74) is 4.32. The molecule has 1 spiro atoms. The number of nitro groups is 1. The molecular weight excluding hydrogens is 290 g/mol. The van der Waals surface area contributed by atoms with Gasteiger partial charge in [0.2, 0.25) is 0 Å². The molecule has 118 valence electrons. The molecule has 0 N–H and O–H groups in total. The van der Waals surface area contributed by atoms with E-state index in [1.807, 2.05) is 18.2 Å². The predicted octanol–water partition coefficient (Wildman–Crippen LogP) is 4.52. The van der Waals surface area contributed by atoms with Gasteiger partial charge in [0.1, 0.15) is 5.69 Å². The lowest BCUT2D eigenvalue weighted by Crippen LogP contribution is -2.28. The van der Waals surface area contributed by atoms with Gasteiger partial charge in [-0.2, -0.15) is 0 Å². The molecule has 0 bridgehead atoms. The molecule has 0 atom stereocenters. The third-order valence-corrected chi connectivity index (χ3v) is 5.31. The third-order valence-electron chi connectivity index (χ3n) is 5.31. The molecule has 2 heterocycles. The van der Waals surface area contributed by atoms with Crippen LogP contribution in [0.2, 0.25) is 0 Å². The van der Waals surface area contributed by atoms with Gasteiger partial charge in [-0.05, 0) is 47.6 Å². The molecule has 1 fully saturated rings. The Labute approximate surface area is 134 Å². The van der Waals surface area contributed by atoms with Crippen LogP contribution in [0.3, 0.4) is 0 Å². The monoisotopic (exact) mass is 309 g/mol. The van der Waals surface area contributed by atoms with E-state index in [1.54, 1.807) is 17.7 Å². The van der Waals surface area contributed by atoms with Crippen molar-refractivity contribution in [3.8, 4) is 11.3 Å². The van der Waals surface area contributed by atoms with E-state index in [9.17, 15) is 10.1 Å². The van der Waals surface area contributed by atoms with E-state index in [1.165, 1.54) is 24.8 Å². The molecular formula is C18H19N3O2. The summed E-state index contributed by atoms with van der Waals surface area (Å²) >= 11 is 0. The smallest absolute Gasteiger partial charge is 0.323 e. The topological polar surface area (TPSA) is 60.4 Å². The van der Waals surface area contributed by atoms with Crippen LogP contribution in [-0.2, 0) is 12.5 Å². The molecule has 5 nitrogen and oxygen atoms in total.